The summed E-state index contributed by atoms with van der Waals surface area (Å²) in [5.74, 6) is 0.342. The molecule has 5 atom stereocenters. The molecule has 4 nitrogen and oxygen atoms in total. The van der Waals surface area contributed by atoms with Gasteiger partial charge >= 0.3 is 0 Å². The highest BCUT2D eigenvalue weighted by Gasteiger charge is 2.41. The second kappa shape index (κ2) is 4.17. The fourth-order valence-electron chi connectivity index (χ4n) is 1.08. The van der Waals surface area contributed by atoms with E-state index in [2.05, 4.69) is 25.3 Å². The maximum atomic E-state index is 9.32. The Bertz CT molecular complexity index is 152. The van der Waals surface area contributed by atoms with Gasteiger partial charge in [-0.05, 0) is 0 Å². The van der Waals surface area contributed by atoms with Crippen LogP contribution in [0.2, 0.25) is 0 Å². The van der Waals surface area contributed by atoms with Crippen molar-refractivity contribution in [1.29, 1.82) is 0 Å². The molecule has 0 bridgehead atoms. The molecule has 0 amide bonds. The average Bonchev–Trinajstić information content (AvgIpc) is 2.08. The van der Waals surface area contributed by atoms with Crippen molar-refractivity contribution in [3.63, 3.8) is 0 Å². The number of thiol groups is 2. The van der Waals surface area contributed by atoms with Gasteiger partial charge in [0, 0.05) is 5.75 Å². The molecule has 6 heteroatoms. The molecule has 72 valence electrons. The molecule has 1 heterocycles. The van der Waals surface area contributed by atoms with E-state index < -0.39 is 29.9 Å². The molecule has 5 unspecified atom stereocenters. The van der Waals surface area contributed by atoms with Gasteiger partial charge < -0.3 is 20.1 Å². The summed E-state index contributed by atoms with van der Waals surface area (Å²) in [5.41, 5.74) is 0. The summed E-state index contributed by atoms with van der Waals surface area (Å²) >= 11 is 7.99. The Morgan fingerprint density at radius 2 is 1.75 bits per heavy atom. The van der Waals surface area contributed by atoms with Crippen molar-refractivity contribution in [2.24, 2.45) is 0 Å². The third-order valence-electron chi connectivity index (χ3n) is 1.87. The lowest BCUT2D eigenvalue weighted by Gasteiger charge is -2.38. The molecule has 0 spiro atoms. The van der Waals surface area contributed by atoms with Gasteiger partial charge in [0.15, 0.2) is 6.29 Å². The number of hydrogen-bond acceptors (Lipinski definition) is 6. The predicted octanol–water partition coefficient (Wildman–Crippen LogP) is -1.35. The predicted molar refractivity (Wildman–Crippen MR) is 49.5 cm³/mol. The van der Waals surface area contributed by atoms with E-state index in [0.717, 1.165) is 0 Å². The largest absolute Gasteiger partial charge is 0.389 e. The normalized spacial score (nSPS) is 49.2. The maximum absolute atomic E-state index is 9.32. The van der Waals surface area contributed by atoms with Gasteiger partial charge in [0.05, 0.1) is 17.5 Å². The van der Waals surface area contributed by atoms with Crippen LogP contribution in [-0.4, -0.2) is 50.9 Å². The fraction of sp³-hybridized carbons (Fsp3) is 1.00. The van der Waals surface area contributed by atoms with Crippen LogP contribution in [0.15, 0.2) is 0 Å². The van der Waals surface area contributed by atoms with Crippen LogP contribution in [0.5, 0.6) is 0 Å². The lowest BCUT2D eigenvalue weighted by molar-refractivity contribution is -0.238. The smallest absolute Gasteiger partial charge is 0.183 e. The van der Waals surface area contributed by atoms with Crippen LogP contribution in [0.4, 0.5) is 0 Å². The van der Waals surface area contributed by atoms with Gasteiger partial charge in [-0.1, -0.05) is 0 Å². The topological polar surface area (TPSA) is 69.9 Å². The minimum absolute atomic E-state index is 0.342. The lowest BCUT2D eigenvalue weighted by atomic mass is 10.0. The van der Waals surface area contributed by atoms with Crippen LogP contribution in [-0.2, 0) is 4.74 Å². The van der Waals surface area contributed by atoms with Crippen LogP contribution >= 0.6 is 25.3 Å². The first-order valence-corrected chi connectivity index (χ1v) is 4.71. The summed E-state index contributed by atoms with van der Waals surface area (Å²) in [6.07, 6.45) is -4.15. The van der Waals surface area contributed by atoms with Crippen molar-refractivity contribution in [3.05, 3.63) is 0 Å². The van der Waals surface area contributed by atoms with Crippen molar-refractivity contribution in [1.82, 2.24) is 0 Å². The molecule has 0 radical (unpaired) electrons. The zero-order valence-corrected chi connectivity index (χ0v) is 8.03. The Balaban J connectivity index is 2.63. The van der Waals surface area contributed by atoms with E-state index in [-0.39, 0.29) is 0 Å². The second-order valence-corrected chi connectivity index (χ2v) is 3.68. The number of aliphatic hydroxyl groups excluding tert-OH is 3. The molecule has 12 heavy (non-hydrogen) atoms. The SMILES string of the molecule is OC1OC(CS)C(S)C(O)C1O. The molecule has 0 aliphatic carbocycles. The highest BCUT2D eigenvalue weighted by Crippen LogP contribution is 2.24. The highest BCUT2D eigenvalue weighted by molar-refractivity contribution is 7.81. The van der Waals surface area contributed by atoms with Crippen LogP contribution in [0.3, 0.4) is 0 Å². The molecule has 1 aliphatic heterocycles. The van der Waals surface area contributed by atoms with Crippen LogP contribution in [0, 0.1) is 0 Å². The van der Waals surface area contributed by atoms with E-state index in [1.807, 2.05) is 0 Å². The van der Waals surface area contributed by atoms with E-state index >= 15 is 0 Å². The quantitative estimate of drug-likeness (QED) is 0.349. The van der Waals surface area contributed by atoms with Crippen molar-refractivity contribution >= 4 is 25.3 Å². The standard InChI is InChI=1S/C6H12O4S2/c7-3-4(8)6(9)10-2(1-11)5(3)12/h2-9,11-12H,1H2. The Labute approximate surface area is 81.4 Å². The number of aliphatic hydroxyl groups is 3. The third kappa shape index (κ3) is 1.89. The van der Waals surface area contributed by atoms with Crippen molar-refractivity contribution in [2.45, 2.75) is 29.9 Å². The zero-order valence-electron chi connectivity index (χ0n) is 6.24. The molecule has 0 aromatic heterocycles. The van der Waals surface area contributed by atoms with E-state index in [0.29, 0.717) is 5.75 Å². The Morgan fingerprint density at radius 3 is 2.25 bits per heavy atom. The first kappa shape index (κ1) is 10.6. The fourth-order valence-corrected chi connectivity index (χ4v) is 1.91. The highest BCUT2D eigenvalue weighted by atomic mass is 32.1. The van der Waals surface area contributed by atoms with E-state index in [1.165, 1.54) is 0 Å². The van der Waals surface area contributed by atoms with Crippen molar-refractivity contribution in [2.75, 3.05) is 5.75 Å². The molecule has 1 saturated heterocycles. The number of rotatable bonds is 1. The van der Waals surface area contributed by atoms with Gasteiger partial charge in [-0.3, -0.25) is 0 Å². The van der Waals surface area contributed by atoms with Gasteiger partial charge in [0.1, 0.15) is 6.10 Å². The van der Waals surface area contributed by atoms with Crippen molar-refractivity contribution < 1.29 is 20.1 Å². The maximum Gasteiger partial charge on any atom is 0.183 e. The monoisotopic (exact) mass is 212 g/mol. The Hall–Kier alpha value is 0.540. The summed E-state index contributed by atoms with van der Waals surface area (Å²) in [7, 11) is 0. The molecule has 1 rings (SSSR count). The average molecular weight is 212 g/mol. The van der Waals surface area contributed by atoms with Gasteiger partial charge in [-0.15, -0.1) is 0 Å². The summed E-state index contributed by atoms with van der Waals surface area (Å²) in [6.45, 7) is 0. The van der Waals surface area contributed by atoms with Gasteiger partial charge in [0.2, 0.25) is 0 Å². The van der Waals surface area contributed by atoms with Crippen LogP contribution in [0.1, 0.15) is 0 Å². The summed E-state index contributed by atoms with van der Waals surface area (Å²) in [4.78, 5) is 0. The first-order valence-electron chi connectivity index (χ1n) is 3.56. The van der Waals surface area contributed by atoms with E-state index in [1.54, 1.807) is 0 Å². The van der Waals surface area contributed by atoms with Gasteiger partial charge in [0.25, 0.3) is 0 Å². The molecule has 0 saturated carbocycles. The number of hydrogen-bond donors (Lipinski definition) is 5. The van der Waals surface area contributed by atoms with E-state index in [9.17, 15) is 5.11 Å². The Morgan fingerprint density at radius 1 is 1.17 bits per heavy atom. The summed E-state index contributed by atoms with van der Waals surface area (Å²) in [5, 5.41) is 27.0. The minimum Gasteiger partial charge on any atom is -0.389 e. The van der Waals surface area contributed by atoms with Crippen LogP contribution in [0.25, 0.3) is 0 Å². The third-order valence-corrected chi connectivity index (χ3v) is 2.86. The first-order chi connectivity index (χ1) is 5.57. The Kier molecular flexibility index (Phi) is 3.69. The molecular formula is C6H12O4S2. The van der Waals surface area contributed by atoms with Crippen LogP contribution < -0.4 is 0 Å². The van der Waals surface area contributed by atoms with Gasteiger partial charge in [-0.25, -0.2) is 0 Å². The molecular weight excluding hydrogens is 200 g/mol. The number of ether oxygens (including phenoxy) is 1. The summed E-state index contributed by atoms with van der Waals surface area (Å²) < 4.78 is 4.92. The molecule has 0 aromatic carbocycles. The molecule has 1 fully saturated rings. The van der Waals surface area contributed by atoms with Gasteiger partial charge in [-0.2, -0.15) is 25.3 Å². The van der Waals surface area contributed by atoms with Crippen molar-refractivity contribution in [3.8, 4) is 0 Å². The second-order valence-electron chi connectivity index (χ2n) is 2.72. The molecule has 1 aliphatic rings. The molecule has 3 N–H and O–H groups in total. The van der Waals surface area contributed by atoms with E-state index in [4.69, 9.17) is 14.9 Å². The minimum atomic E-state index is -1.35. The summed E-state index contributed by atoms with van der Waals surface area (Å²) in [6, 6.07) is 0. The molecule has 0 aromatic rings. The lowest BCUT2D eigenvalue weighted by Crippen LogP contribution is -2.55. The zero-order chi connectivity index (χ0) is 9.30.